The number of H-pyrrole nitrogens is 1. The van der Waals surface area contributed by atoms with Crippen LogP contribution >= 0.6 is 7.49 Å². The van der Waals surface area contributed by atoms with Crippen LogP contribution < -0.4 is 10.9 Å². The lowest BCUT2D eigenvalue weighted by molar-refractivity contribution is 0.284. The maximum atomic E-state index is 14.9. The molecule has 1 fully saturated rings. The number of aromatic amines is 1. The molecular weight excluding hydrogens is 436 g/mol. The number of nitrogens with one attached hydrogen (secondary N) is 1. The van der Waals surface area contributed by atoms with E-state index in [-0.39, 0.29) is 11.4 Å². The van der Waals surface area contributed by atoms with Crippen LogP contribution in [0.25, 0.3) is 10.8 Å². The molecule has 1 aliphatic heterocycles. The van der Waals surface area contributed by atoms with Crippen molar-refractivity contribution in [2.45, 2.75) is 13.0 Å². The summed E-state index contributed by atoms with van der Waals surface area (Å²) in [5, 5.41) is 8.62. The van der Waals surface area contributed by atoms with Gasteiger partial charge in [-0.1, -0.05) is 54.6 Å². The molecule has 0 spiro atoms. The third-order valence-electron chi connectivity index (χ3n) is 6.43. The molecule has 5 nitrogen and oxygen atoms in total. The maximum Gasteiger partial charge on any atom is 0.272 e. The van der Waals surface area contributed by atoms with Crippen LogP contribution in [0.15, 0.2) is 77.6 Å². The van der Waals surface area contributed by atoms with Crippen molar-refractivity contribution in [3.8, 4) is 0 Å². The first-order chi connectivity index (χ1) is 16.0. The topological polar surface area (TPSA) is 69.2 Å². The van der Waals surface area contributed by atoms with E-state index in [1.165, 1.54) is 11.6 Å². The largest absolute Gasteiger partial charge is 0.375 e. The van der Waals surface area contributed by atoms with Crippen LogP contribution in [0.5, 0.6) is 0 Å². The van der Waals surface area contributed by atoms with Gasteiger partial charge in [-0.25, -0.2) is 9.49 Å². The van der Waals surface area contributed by atoms with Crippen LogP contribution in [0, 0.1) is 5.82 Å². The Morgan fingerprint density at radius 1 is 0.939 bits per heavy atom. The van der Waals surface area contributed by atoms with Crippen molar-refractivity contribution < 1.29 is 9.28 Å². The summed E-state index contributed by atoms with van der Waals surface area (Å²) in [6, 6.07) is 22.6. The highest BCUT2D eigenvalue weighted by molar-refractivity contribution is 7.77. The van der Waals surface area contributed by atoms with Gasteiger partial charge in [-0.2, -0.15) is 5.10 Å². The normalized spacial score (nSPS) is 16.2. The molecule has 1 aliphatic rings. The first kappa shape index (κ1) is 21.9. The molecule has 7 heteroatoms. The van der Waals surface area contributed by atoms with Crippen molar-refractivity contribution in [1.29, 1.82) is 0 Å². The number of hydrogen-bond acceptors (Lipinski definition) is 4. The number of benzene rings is 3. The van der Waals surface area contributed by atoms with Crippen molar-refractivity contribution in [1.82, 2.24) is 15.1 Å². The summed E-state index contributed by atoms with van der Waals surface area (Å²) in [6.07, 6.45) is 1.62. The van der Waals surface area contributed by atoms with Crippen molar-refractivity contribution in [3.63, 3.8) is 0 Å². The Kier molecular flexibility index (Phi) is 6.07. The Morgan fingerprint density at radius 3 is 2.39 bits per heavy atom. The Bertz CT molecular complexity index is 1330. The molecule has 0 saturated carbocycles. The Labute approximate surface area is 192 Å². The van der Waals surface area contributed by atoms with Crippen molar-refractivity contribution in [2.75, 3.05) is 25.4 Å². The van der Waals surface area contributed by atoms with Gasteiger partial charge in [0.05, 0.1) is 11.1 Å². The van der Waals surface area contributed by atoms with Crippen molar-refractivity contribution >= 4 is 23.6 Å². The fraction of sp³-hybridized carbons (Fsp3) is 0.231. The molecule has 169 valence electrons. The van der Waals surface area contributed by atoms with Gasteiger partial charge in [-0.3, -0.25) is 9.69 Å². The van der Waals surface area contributed by atoms with Gasteiger partial charge < -0.3 is 4.89 Å². The van der Waals surface area contributed by atoms with Crippen LogP contribution in [-0.2, 0) is 13.0 Å². The molecule has 0 unspecified atom stereocenters. The molecule has 2 N–H and O–H groups in total. The molecule has 0 bridgehead atoms. The third-order valence-corrected chi connectivity index (χ3v) is 9.55. The second-order valence-corrected chi connectivity index (χ2v) is 11.9. The number of fused-ring (bicyclic) bond motifs is 1. The SMILES string of the molecule is O=c1[nH]nc(Cc2ccc(F)c([P]3(O)CCN(Cc4ccccc4)CC3)c2)c2ccccc12. The number of halogens is 1. The minimum Gasteiger partial charge on any atom is -0.375 e. The van der Waals surface area contributed by atoms with Gasteiger partial charge in [0.15, 0.2) is 0 Å². The summed E-state index contributed by atoms with van der Waals surface area (Å²) in [6.45, 7) is 2.33. The molecule has 1 radical (unpaired) electrons. The number of aromatic nitrogens is 2. The Hall–Kier alpha value is -2.92. The Balaban J connectivity index is 1.36. The number of nitrogens with zero attached hydrogens (tertiary/aromatic N) is 2. The average molecular weight is 462 g/mol. The van der Waals surface area contributed by atoms with Gasteiger partial charge in [0.25, 0.3) is 5.56 Å². The van der Waals surface area contributed by atoms with E-state index in [1.54, 1.807) is 18.2 Å². The summed E-state index contributed by atoms with van der Waals surface area (Å²) >= 11 is 0. The smallest absolute Gasteiger partial charge is 0.272 e. The van der Waals surface area contributed by atoms with Gasteiger partial charge in [0.2, 0.25) is 0 Å². The van der Waals surface area contributed by atoms with Gasteiger partial charge >= 0.3 is 0 Å². The number of hydrogen-bond donors (Lipinski definition) is 2. The predicted molar refractivity (Wildman–Crippen MR) is 132 cm³/mol. The summed E-state index contributed by atoms with van der Waals surface area (Å²) in [5.41, 5.74) is 2.62. The zero-order valence-corrected chi connectivity index (χ0v) is 19.1. The fourth-order valence-electron chi connectivity index (χ4n) is 4.56. The highest BCUT2D eigenvalue weighted by atomic mass is 31.2. The summed E-state index contributed by atoms with van der Waals surface area (Å²) in [7, 11) is -2.58. The van der Waals surface area contributed by atoms with Crippen molar-refractivity contribution in [3.05, 3.63) is 106 Å². The average Bonchev–Trinajstić information content (AvgIpc) is 2.84. The van der Waals surface area contributed by atoms with Gasteiger partial charge in [-0.05, 0) is 29.3 Å². The molecule has 5 rings (SSSR count). The summed E-state index contributed by atoms with van der Waals surface area (Å²) in [5.74, 6) is -0.342. The van der Waals surface area contributed by atoms with E-state index in [2.05, 4.69) is 27.2 Å². The van der Waals surface area contributed by atoms with E-state index in [0.717, 1.165) is 36.3 Å². The highest BCUT2D eigenvalue weighted by Gasteiger charge is 2.34. The van der Waals surface area contributed by atoms with Gasteiger partial charge in [-0.15, -0.1) is 0 Å². The van der Waals surface area contributed by atoms with Gasteiger partial charge in [0.1, 0.15) is 5.82 Å². The second kappa shape index (κ2) is 9.14. The molecular formula is C26H26FN3O2P. The molecule has 0 aliphatic carbocycles. The van der Waals surface area contributed by atoms with Gasteiger partial charge in [0, 0.05) is 56.6 Å². The first-order valence-electron chi connectivity index (χ1n) is 11.1. The summed E-state index contributed by atoms with van der Waals surface area (Å²) < 4.78 is 14.9. The first-order valence-corrected chi connectivity index (χ1v) is 13.2. The lowest BCUT2D eigenvalue weighted by Crippen LogP contribution is -2.39. The van der Waals surface area contributed by atoms with Crippen LogP contribution in [0.3, 0.4) is 0 Å². The molecule has 0 amide bonds. The lowest BCUT2D eigenvalue weighted by atomic mass is 10.0. The molecule has 0 atom stereocenters. The molecule has 1 aromatic heterocycles. The zero-order chi connectivity index (χ0) is 22.8. The fourth-order valence-corrected chi connectivity index (χ4v) is 7.38. The highest BCUT2D eigenvalue weighted by Crippen LogP contribution is 2.55. The monoisotopic (exact) mass is 462 g/mol. The van der Waals surface area contributed by atoms with E-state index in [1.807, 2.05) is 36.4 Å². The van der Waals surface area contributed by atoms with Crippen LogP contribution in [-0.4, -0.2) is 45.4 Å². The maximum absolute atomic E-state index is 14.9. The lowest BCUT2D eigenvalue weighted by Gasteiger charge is -2.40. The minimum atomic E-state index is -2.58. The number of rotatable bonds is 5. The molecule has 1 saturated heterocycles. The van der Waals surface area contributed by atoms with Crippen LogP contribution in [0.2, 0.25) is 0 Å². The van der Waals surface area contributed by atoms with E-state index < -0.39 is 7.49 Å². The predicted octanol–water partition coefficient (Wildman–Crippen LogP) is 3.72. The second-order valence-electron chi connectivity index (χ2n) is 8.64. The molecule has 33 heavy (non-hydrogen) atoms. The minimum absolute atomic E-state index is 0.225. The van der Waals surface area contributed by atoms with Crippen LogP contribution in [0.1, 0.15) is 16.8 Å². The summed E-state index contributed by atoms with van der Waals surface area (Å²) in [4.78, 5) is 25.9. The molecule has 2 heterocycles. The van der Waals surface area contributed by atoms with E-state index in [4.69, 9.17) is 0 Å². The van der Waals surface area contributed by atoms with Crippen LogP contribution in [0.4, 0.5) is 4.39 Å². The quantitative estimate of drug-likeness (QED) is 0.444. The standard InChI is InChI=1S/C26H26FN3O2P/c27-23-11-10-20(16-24-21-8-4-5-9-22(21)26(31)29-28-24)17-25(23)33(32)14-12-30(13-15-33)18-19-6-2-1-3-7-19/h1-11,17,32H,12-16,18H2,(H,29,31). The Morgan fingerprint density at radius 2 is 1.64 bits per heavy atom. The molecule has 4 aromatic rings. The van der Waals surface area contributed by atoms with Crippen molar-refractivity contribution in [2.24, 2.45) is 0 Å². The zero-order valence-electron chi connectivity index (χ0n) is 18.2. The third kappa shape index (κ3) is 4.60. The van der Waals surface area contributed by atoms with E-state index in [0.29, 0.717) is 29.4 Å². The van der Waals surface area contributed by atoms with E-state index in [9.17, 15) is 14.1 Å². The molecule has 3 aromatic carbocycles. The van der Waals surface area contributed by atoms with E-state index >= 15 is 0 Å².